The second kappa shape index (κ2) is 16.7. The molecule has 28 heavy (non-hydrogen) atoms. The van der Waals surface area contributed by atoms with Crippen molar-refractivity contribution >= 4 is 0 Å². The van der Waals surface area contributed by atoms with Crippen molar-refractivity contribution in [1.82, 2.24) is 0 Å². The number of aliphatic hydroxyl groups excluding tert-OH is 3. The van der Waals surface area contributed by atoms with Crippen LogP contribution in [0.15, 0.2) is 46.6 Å². The number of allylic oxidation sites excluding steroid dienone is 7. The lowest BCUT2D eigenvalue weighted by molar-refractivity contribution is -0.0527. The molecular formula is C24H42O4. The van der Waals surface area contributed by atoms with E-state index in [-0.39, 0.29) is 6.61 Å². The van der Waals surface area contributed by atoms with E-state index in [1.54, 1.807) is 0 Å². The molecule has 0 rings (SSSR count). The molecule has 0 amide bonds. The smallest absolute Gasteiger partial charge is 0.105 e. The van der Waals surface area contributed by atoms with Crippen molar-refractivity contribution in [3.8, 4) is 0 Å². The fourth-order valence-electron chi connectivity index (χ4n) is 2.61. The molecule has 2 atom stereocenters. The summed E-state index contributed by atoms with van der Waals surface area (Å²) in [6, 6.07) is 0. The van der Waals surface area contributed by atoms with Crippen LogP contribution in [0.2, 0.25) is 0 Å². The maximum Gasteiger partial charge on any atom is 0.105 e. The predicted molar refractivity (Wildman–Crippen MR) is 118 cm³/mol. The van der Waals surface area contributed by atoms with E-state index >= 15 is 0 Å². The Kier molecular flexibility index (Phi) is 16.0. The highest BCUT2D eigenvalue weighted by molar-refractivity contribution is 5.07. The van der Waals surface area contributed by atoms with Crippen molar-refractivity contribution in [2.24, 2.45) is 0 Å². The summed E-state index contributed by atoms with van der Waals surface area (Å²) in [7, 11) is 0. The number of hydrogen-bond donors (Lipinski definition) is 3. The minimum absolute atomic E-state index is 0.0196. The fraction of sp³-hybridized carbons (Fsp3) is 0.667. The van der Waals surface area contributed by atoms with Gasteiger partial charge >= 0.3 is 0 Å². The Morgan fingerprint density at radius 3 is 1.64 bits per heavy atom. The van der Waals surface area contributed by atoms with Gasteiger partial charge < -0.3 is 20.1 Å². The Hall–Kier alpha value is -1.20. The van der Waals surface area contributed by atoms with Crippen LogP contribution in [-0.4, -0.2) is 47.3 Å². The van der Waals surface area contributed by atoms with Crippen LogP contribution in [0.25, 0.3) is 0 Å². The molecule has 0 unspecified atom stereocenters. The van der Waals surface area contributed by atoms with Crippen molar-refractivity contribution in [1.29, 1.82) is 0 Å². The van der Waals surface area contributed by atoms with Crippen LogP contribution in [0.1, 0.15) is 73.1 Å². The first-order valence-corrected chi connectivity index (χ1v) is 10.4. The summed E-state index contributed by atoms with van der Waals surface area (Å²) in [6.45, 7) is 10.7. The van der Waals surface area contributed by atoms with Crippen LogP contribution in [-0.2, 0) is 4.74 Å². The SMILES string of the molecule is CC(C)=CCC/C(C)=C/CC/C(C)=C/CC/C(C)=C/COC[C@H](O)[C@H](O)CO. The minimum Gasteiger partial charge on any atom is -0.394 e. The van der Waals surface area contributed by atoms with E-state index < -0.39 is 18.8 Å². The van der Waals surface area contributed by atoms with Gasteiger partial charge in [-0.1, -0.05) is 46.6 Å². The van der Waals surface area contributed by atoms with Crippen LogP contribution >= 0.6 is 0 Å². The molecule has 0 fully saturated rings. The third-order valence-electron chi connectivity index (χ3n) is 4.62. The van der Waals surface area contributed by atoms with Crippen LogP contribution in [0, 0.1) is 0 Å². The molecule has 0 bridgehead atoms. The van der Waals surface area contributed by atoms with Gasteiger partial charge in [0, 0.05) is 0 Å². The van der Waals surface area contributed by atoms with Gasteiger partial charge in [0.2, 0.25) is 0 Å². The molecule has 0 aromatic carbocycles. The van der Waals surface area contributed by atoms with Crippen LogP contribution < -0.4 is 0 Å². The zero-order valence-electron chi connectivity index (χ0n) is 18.6. The topological polar surface area (TPSA) is 69.9 Å². The first-order chi connectivity index (χ1) is 13.3. The van der Waals surface area contributed by atoms with Gasteiger partial charge in [-0.15, -0.1) is 0 Å². The minimum atomic E-state index is -1.14. The Balaban J connectivity index is 3.98. The van der Waals surface area contributed by atoms with E-state index in [0.29, 0.717) is 6.61 Å². The summed E-state index contributed by atoms with van der Waals surface area (Å²) in [5.74, 6) is 0. The molecule has 162 valence electrons. The maximum atomic E-state index is 9.48. The van der Waals surface area contributed by atoms with E-state index in [9.17, 15) is 10.2 Å². The zero-order valence-corrected chi connectivity index (χ0v) is 18.6. The summed E-state index contributed by atoms with van der Waals surface area (Å²) in [5, 5.41) is 27.5. The molecule has 0 aromatic rings. The largest absolute Gasteiger partial charge is 0.394 e. The average Bonchev–Trinajstić information content (AvgIpc) is 2.64. The van der Waals surface area contributed by atoms with Gasteiger partial charge in [-0.05, 0) is 73.1 Å². The van der Waals surface area contributed by atoms with Crippen molar-refractivity contribution < 1.29 is 20.1 Å². The molecule has 0 aromatic heterocycles. The van der Waals surface area contributed by atoms with Crippen molar-refractivity contribution in [3.63, 3.8) is 0 Å². The highest BCUT2D eigenvalue weighted by Crippen LogP contribution is 2.13. The Morgan fingerprint density at radius 1 is 0.714 bits per heavy atom. The second-order valence-corrected chi connectivity index (χ2v) is 7.90. The van der Waals surface area contributed by atoms with Gasteiger partial charge in [0.1, 0.15) is 12.2 Å². The predicted octanol–water partition coefficient (Wildman–Crippen LogP) is 4.86. The first-order valence-electron chi connectivity index (χ1n) is 10.4. The second-order valence-electron chi connectivity index (χ2n) is 7.90. The summed E-state index contributed by atoms with van der Waals surface area (Å²) in [4.78, 5) is 0. The molecule has 0 saturated heterocycles. The van der Waals surface area contributed by atoms with Crippen molar-refractivity contribution in [2.45, 2.75) is 85.4 Å². The molecule has 0 aliphatic heterocycles. The first kappa shape index (κ1) is 26.8. The van der Waals surface area contributed by atoms with Crippen LogP contribution in [0.4, 0.5) is 0 Å². The third kappa shape index (κ3) is 15.8. The molecule has 0 heterocycles. The summed E-state index contributed by atoms with van der Waals surface area (Å²) >= 11 is 0. The molecule has 0 aliphatic rings. The fourth-order valence-corrected chi connectivity index (χ4v) is 2.61. The van der Waals surface area contributed by atoms with Gasteiger partial charge in [0.05, 0.1) is 19.8 Å². The molecule has 0 saturated carbocycles. The highest BCUT2D eigenvalue weighted by atomic mass is 16.5. The lowest BCUT2D eigenvalue weighted by atomic mass is 10.0. The maximum absolute atomic E-state index is 9.48. The zero-order chi connectivity index (χ0) is 21.4. The molecule has 4 nitrogen and oxygen atoms in total. The summed E-state index contributed by atoms with van der Waals surface area (Å²) in [6.07, 6.45) is 13.3. The molecule has 3 N–H and O–H groups in total. The normalized spacial score (nSPS) is 15.5. The van der Waals surface area contributed by atoms with Crippen LogP contribution in [0.3, 0.4) is 0 Å². The molecule has 0 aliphatic carbocycles. The van der Waals surface area contributed by atoms with Gasteiger partial charge in [-0.25, -0.2) is 0 Å². The lowest BCUT2D eigenvalue weighted by Crippen LogP contribution is -2.33. The van der Waals surface area contributed by atoms with E-state index in [1.807, 2.05) is 6.08 Å². The van der Waals surface area contributed by atoms with E-state index in [1.165, 1.54) is 22.3 Å². The van der Waals surface area contributed by atoms with Gasteiger partial charge in [-0.3, -0.25) is 0 Å². The van der Waals surface area contributed by atoms with Crippen LogP contribution in [0.5, 0.6) is 0 Å². The molecule has 0 radical (unpaired) electrons. The van der Waals surface area contributed by atoms with E-state index in [2.05, 4.69) is 52.8 Å². The van der Waals surface area contributed by atoms with Crippen molar-refractivity contribution in [2.75, 3.05) is 19.8 Å². The molecule has 0 spiro atoms. The standard InChI is InChI=1S/C24H42O4/c1-19(2)9-6-10-20(3)11-7-12-21(4)13-8-14-22(5)15-16-28-18-24(27)23(26)17-25/h9,11,13,15,23-27H,6-8,10,12,14,16-18H2,1-5H3/b20-11+,21-13+,22-15+/t23-,24+/m1/s1. The Labute approximate surface area is 172 Å². The lowest BCUT2D eigenvalue weighted by Gasteiger charge is -2.14. The molecular weight excluding hydrogens is 352 g/mol. The number of rotatable bonds is 15. The van der Waals surface area contributed by atoms with E-state index in [4.69, 9.17) is 9.84 Å². The third-order valence-corrected chi connectivity index (χ3v) is 4.62. The Morgan fingerprint density at radius 2 is 1.18 bits per heavy atom. The molecule has 4 heteroatoms. The highest BCUT2D eigenvalue weighted by Gasteiger charge is 2.14. The summed E-state index contributed by atoms with van der Waals surface area (Å²) in [5.41, 5.74) is 5.54. The summed E-state index contributed by atoms with van der Waals surface area (Å²) < 4.78 is 5.31. The van der Waals surface area contributed by atoms with E-state index in [0.717, 1.165) is 38.5 Å². The van der Waals surface area contributed by atoms with Gasteiger partial charge in [0.15, 0.2) is 0 Å². The van der Waals surface area contributed by atoms with Gasteiger partial charge in [0.25, 0.3) is 0 Å². The average molecular weight is 395 g/mol. The Bertz CT molecular complexity index is 525. The van der Waals surface area contributed by atoms with Crippen molar-refractivity contribution in [3.05, 3.63) is 46.6 Å². The number of ether oxygens (including phenoxy) is 1. The monoisotopic (exact) mass is 394 g/mol. The quantitative estimate of drug-likeness (QED) is 0.274. The number of hydrogen-bond acceptors (Lipinski definition) is 4. The number of aliphatic hydroxyl groups is 3. The van der Waals surface area contributed by atoms with Gasteiger partial charge in [-0.2, -0.15) is 0 Å².